The molecule has 2 aliphatic rings. The van der Waals surface area contributed by atoms with Gasteiger partial charge in [-0.05, 0) is 84.7 Å². The van der Waals surface area contributed by atoms with Gasteiger partial charge in [0.15, 0.2) is 0 Å². The van der Waals surface area contributed by atoms with E-state index in [0.717, 1.165) is 59.4 Å². The smallest absolute Gasteiger partial charge is 0.253 e. The fourth-order valence-electron chi connectivity index (χ4n) is 3.85. The van der Waals surface area contributed by atoms with E-state index in [2.05, 4.69) is 48.5 Å². The van der Waals surface area contributed by atoms with Crippen molar-refractivity contribution in [1.82, 2.24) is 14.9 Å². The van der Waals surface area contributed by atoms with Gasteiger partial charge in [-0.3, -0.25) is 9.59 Å². The Balaban J connectivity index is 1.29. The summed E-state index contributed by atoms with van der Waals surface area (Å²) in [6.07, 6.45) is 5.78. The number of nitrogens with zero attached hydrogens (tertiary/aromatic N) is 3. The van der Waals surface area contributed by atoms with Gasteiger partial charge in [0.05, 0.1) is 14.9 Å². The molecule has 1 saturated heterocycles. The van der Waals surface area contributed by atoms with Gasteiger partial charge in [-0.1, -0.05) is 12.1 Å². The molecule has 1 aliphatic carbocycles. The first kappa shape index (κ1) is 22.6. The Kier molecular flexibility index (Phi) is 6.61. The lowest BCUT2D eigenvalue weighted by Gasteiger charge is -2.16. The van der Waals surface area contributed by atoms with Crippen LogP contribution in [-0.4, -0.2) is 39.8 Å². The summed E-state index contributed by atoms with van der Waals surface area (Å²) in [5.74, 6) is 1.32. The maximum atomic E-state index is 12.6. The topological polar surface area (TPSA) is 99.2 Å². The van der Waals surface area contributed by atoms with Crippen LogP contribution in [0.25, 0.3) is 0 Å². The average molecular weight is 568 g/mol. The predicted octanol–water partition coefficient (Wildman–Crippen LogP) is 5.15. The summed E-state index contributed by atoms with van der Waals surface area (Å²) < 4.78 is 0.845. The predicted molar refractivity (Wildman–Crippen MR) is 141 cm³/mol. The van der Waals surface area contributed by atoms with Gasteiger partial charge >= 0.3 is 0 Å². The molecule has 1 aliphatic heterocycles. The molecule has 0 spiro atoms. The van der Waals surface area contributed by atoms with Crippen LogP contribution in [0.3, 0.4) is 0 Å². The van der Waals surface area contributed by atoms with Crippen molar-refractivity contribution in [3.8, 4) is 0 Å². The first-order valence-corrected chi connectivity index (χ1v) is 12.5. The molecule has 2 aromatic carbocycles. The monoisotopic (exact) mass is 568 g/mol. The number of aromatic nitrogens is 2. The first-order chi connectivity index (χ1) is 16.6. The Labute approximate surface area is 211 Å². The molecule has 8 nitrogen and oxygen atoms in total. The van der Waals surface area contributed by atoms with E-state index >= 15 is 0 Å². The number of rotatable bonds is 7. The molecule has 34 heavy (non-hydrogen) atoms. The van der Waals surface area contributed by atoms with Gasteiger partial charge < -0.3 is 20.9 Å². The number of hydrogen-bond donors (Lipinski definition) is 3. The average Bonchev–Trinajstić information content (AvgIpc) is 3.57. The van der Waals surface area contributed by atoms with Crippen LogP contribution in [0.1, 0.15) is 36.0 Å². The molecule has 2 heterocycles. The van der Waals surface area contributed by atoms with E-state index in [1.165, 1.54) is 0 Å². The number of para-hydroxylation sites is 2. The maximum absolute atomic E-state index is 12.6. The molecule has 1 saturated carbocycles. The van der Waals surface area contributed by atoms with Gasteiger partial charge in [0, 0.05) is 36.5 Å². The molecule has 2 fully saturated rings. The van der Waals surface area contributed by atoms with E-state index in [1.54, 1.807) is 6.20 Å². The van der Waals surface area contributed by atoms with Crippen molar-refractivity contribution < 1.29 is 9.59 Å². The standard InChI is InChI=1S/C25H25IN6O2/c26-19-15-27-25(28-18-11-9-17(10-12-18)24(34)32-13-3-4-14-32)31-22(19)29-20-5-1-2-6-21(20)30-23(33)16-7-8-16/h1-2,5-6,9-12,15-16H,3-4,7-8,13-14H2,(H,30,33)(H2,27,28,29,31). The van der Waals surface area contributed by atoms with Crippen molar-refractivity contribution in [3.63, 3.8) is 0 Å². The summed E-state index contributed by atoms with van der Waals surface area (Å²) in [6, 6.07) is 15.0. The molecule has 2 amide bonds. The number of anilines is 5. The van der Waals surface area contributed by atoms with Crippen molar-refractivity contribution in [1.29, 1.82) is 0 Å². The number of carbonyl (C=O) groups excluding carboxylic acids is 2. The lowest BCUT2D eigenvalue weighted by atomic mass is 10.2. The van der Waals surface area contributed by atoms with Crippen LogP contribution >= 0.6 is 22.6 Å². The van der Waals surface area contributed by atoms with Crippen LogP contribution in [0.4, 0.5) is 28.8 Å². The molecule has 5 rings (SSSR count). The normalized spacial score (nSPS) is 15.1. The van der Waals surface area contributed by atoms with Gasteiger partial charge in [0.1, 0.15) is 5.82 Å². The lowest BCUT2D eigenvalue weighted by molar-refractivity contribution is -0.117. The van der Waals surface area contributed by atoms with Gasteiger partial charge in [-0.2, -0.15) is 4.98 Å². The lowest BCUT2D eigenvalue weighted by Crippen LogP contribution is -2.27. The van der Waals surface area contributed by atoms with Crippen LogP contribution in [0, 0.1) is 9.49 Å². The SMILES string of the molecule is O=C(Nc1ccccc1Nc1nc(Nc2ccc(C(=O)N3CCCC3)cc2)ncc1I)C1CC1. The van der Waals surface area contributed by atoms with Gasteiger partial charge in [0.25, 0.3) is 5.91 Å². The summed E-state index contributed by atoms with van der Waals surface area (Å²) in [6.45, 7) is 1.66. The third kappa shape index (κ3) is 5.30. The van der Waals surface area contributed by atoms with Crippen LogP contribution in [-0.2, 0) is 4.79 Å². The Morgan fingerprint density at radius 1 is 0.941 bits per heavy atom. The van der Waals surface area contributed by atoms with Crippen LogP contribution in [0.5, 0.6) is 0 Å². The van der Waals surface area contributed by atoms with E-state index in [1.807, 2.05) is 53.4 Å². The number of carbonyl (C=O) groups is 2. The minimum absolute atomic E-state index is 0.0562. The third-order valence-electron chi connectivity index (χ3n) is 5.91. The molecular weight excluding hydrogens is 543 g/mol. The fraction of sp³-hybridized carbons (Fsp3) is 0.280. The largest absolute Gasteiger partial charge is 0.339 e. The van der Waals surface area contributed by atoms with Crippen LogP contribution in [0.2, 0.25) is 0 Å². The quantitative estimate of drug-likeness (QED) is 0.341. The Hall–Kier alpha value is -3.21. The second-order valence-electron chi connectivity index (χ2n) is 8.53. The van der Waals surface area contributed by atoms with Crippen molar-refractivity contribution >= 4 is 63.2 Å². The number of hydrogen-bond acceptors (Lipinski definition) is 6. The van der Waals surface area contributed by atoms with Crippen LogP contribution < -0.4 is 16.0 Å². The summed E-state index contributed by atoms with van der Waals surface area (Å²) in [4.78, 5) is 35.7. The van der Waals surface area contributed by atoms with Gasteiger partial charge in [0.2, 0.25) is 11.9 Å². The molecule has 0 radical (unpaired) electrons. The van der Waals surface area contributed by atoms with E-state index in [4.69, 9.17) is 0 Å². The van der Waals surface area contributed by atoms with Gasteiger partial charge in [-0.25, -0.2) is 4.98 Å². The zero-order valence-corrected chi connectivity index (χ0v) is 20.7. The van der Waals surface area contributed by atoms with Gasteiger partial charge in [-0.15, -0.1) is 0 Å². The Morgan fingerprint density at radius 3 is 2.35 bits per heavy atom. The molecule has 9 heteroatoms. The molecule has 3 aromatic rings. The molecule has 3 N–H and O–H groups in total. The molecule has 0 bridgehead atoms. The number of nitrogens with one attached hydrogen (secondary N) is 3. The summed E-state index contributed by atoms with van der Waals surface area (Å²) in [7, 11) is 0. The zero-order chi connectivity index (χ0) is 23.5. The van der Waals surface area contributed by atoms with E-state index in [9.17, 15) is 9.59 Å². The Bertz CT molecular complexity index is 1210. The van der Waals surface area contributed by atoms with Crippen molar-refractivity contribution in [2.75, 3.05) is 29.0 Å². The minimum Gasteiger partial charge on any atom is -0.339 e. The van der Waals surface area contributed by atoms with E-state index in [-0.39, 0.29) is 17.7 Å². The van der Waals surface area contributed by atoms with Crippen molar-refractivity contribution in [2.24, 2.45) is 5.92 Å². The molecule has 1 aromatic heterocycles. The number of benzene rings is 2. The number of halogens is 1. The second-order valence-corrected chi connectivity index (χ2v) is 9.69. The fourth-order valence-corrected chi connectivity index (χ4v) is 4.25. The Morgan fingerprint density at radius 2 is 1.65 bits per heavy atom. The summed E-state index contributed by atoms with van der Waals surface area (Å²) in [5.41, 5.74) is 2.97. The highest BCUT2D eigenvalue weighted by molar-refractivity contribution is 14.1. The highest BCUT2D eigenvalue weighted by Gasteiger charge is 2.30. The molecule has 174 valence electrons. The minimum atomic E-state index is 0.0562. The summed E-state index contributed by atoms with van der Waals surface area (Å²) >= 11 is 2.18. The number of likely N-dealkylation sites (tertiary alicyclic amines) is 1. The highest BCUT2D eigenvalue weighted by atomic mass is 127. The van der Waals surface area contributed by atoms with E-state index in [0.29, 0.717) is 17.3 Å². The molecule has 0 unspecified atom stereocenters. The second kappa shape index (κ2) is 9.96. The van der Waals surface area contributed by atoms with E-state index < -0.39 is 0 Å². The first-order valence-electron chi connectivity index (χ1n) is 11.4. The third-order valence-corrected chi connectivity index (χ3v) is 6.70. The maximum Gasteiger partial charge on any atom is 0.253 e. The highest BCUT2D eigenvalue weighted by Crippen LogP contribution is 2.33. The number of amides is 2. The summed E-state index contributed by atoms with van der Waals surface area (Å²) in [5, 5.41) is 9.53. The zero-order valence-electron chi connectivity index (χ0n) is 18.6. The molecular formula is C25H25IN6O2. The van der Waals surface area contributed by atoms with Crippen LogP contribution in [0.15, 0.2) is 54.7 Å². The van der Waals surface area contributed by atoms with Crippen molar-refractivity contribution in [3.05, 3.63) is 63.9 Å². The van der Waals surface area contributed by atoms with Crippen molar-refractivity contribution in [2.45, 2.75) is 25.7 Å². The molecule has 0 atom stereocenters.